The minimum Gasteiger partial charge on any atom is -0.447 e. The first kappa shape index (κ1) is 24.7. The molecular weight excluding hydrogens is 475 g/mol. The van der Waals surface area contributed by atoms with E-state index >= 15 is 0 Å². The van der Waals surface area contributed by atoms with Gasteiger partial charge in [0.25, 0.3) is 5.91 Å². The number of carbonyl (C=O) groups is 1. The Morgan fingerprint density at radius 3 is 2.62 bits per heavy atom. The van der Waals surface area contributed by atoms with E-state index in [-0.39, 0.29) is 11.6 Å². The molecule has 0 radical (unpaired) electrons. The summed E-state index contributed by atoms with van der Waals surface area (Å²) < 4.78 is 11.0. The van der Waals surface area contributed by atoms with Gasteiger partial charge >= 0.3 is 0 Å². The fourth-order valence-electron chi connectivity index (χ4n) is 3.82. The van der Waals surface area contributed by atoms with Gasteiger partial charge in [-0.1, -0.05) is 59.6 Å². The summed E-state index contributed by atoms with van der Waals surface area (Å²) in [7, 11) is 0. The van der Waals surface area contributed by atoms with Gasteiger partial charge in [-0.25, -0.2) is 4.98 Å². The molecule has 0 aliphatic carbocycles. The van der Waals surface area contributed by atoms with Crippen LogP contribution in [0.2, 0.25) is 10.0 Å². The summed E-state index contributed by atoms with van der Waals surface area (Å²) in [6.45, 7) is 6.26. The zero-order valence-corrected chi connectivity index (χ0v) is 20.4. The maximum atomic E-state index is 12.5. The van der Waals surface area contributed by atoms with Gasteiger partial charge in [0.05, 0.1) is 19.8 Å². The van der Waals surface area contributed by atoms with Gasteiger partial charge in [-0.2, -0.15) is 0 Å². The van der Waals surface area contributed by atoms with E-state index in [0.717, 1.165) is 44.0 Å². The van der Waals surface area contributed by atoms with E-state index in [1.165, 1.54) is 6.26 Å². The summed E-state index contributed by atoms with van der Waals surface area (Å²) >= 11 is 12.5. The van der Waals surface area contributed by atoms with E-state index in [1.807, 2.05) is 30.3 Å². The normalized spacial score (nSPS) is 14.4. The third kappa shape index (κ3) is 7.29. The molecule has 4 rings (SSSR count). The molecule has 0 atom stereocenters. The van der Waals surface area contributed by atoms with Crippen LogP contribution in [0.3, 0.4) is 0 Å². The van der Waals surface area contributed by atoms with Gasteiger partial charge in [0.1, 0.15) is 6.26 Å². The number of hydrogen-bond acceptors (Lipinski definition) is 6. The molecule has 3 aromatic rings. The largest absolute Gasteiger partial charge is 0.447 e. The van der Waals surface area contributed by atoms with E-state index in [0.29, 0.717) is 42.1 Å². The van der Waals surface area contributed by atoms with Crippen LogP contribution in [0, 0.1) is 0 Å². The summed E-state index contributed by atoms with van der Waals surface area (Å²) in [4.78, 5) is 21.4. The molecule has 1 amide bonds. The minimum atomic E-state index is -0.237. The van der Waals surface area contributed by atoms with Crippen molar-refractivity contribution < 1.29 is 13.9 Å². The second kappa shape index (κ2) is 12.3. The molecule has 34 heavy (non-hydrogen) atoms. The first-order valence-corrected chi connectivity index (χ1v) is 12.1. The molecule has 1 saturated heterocycles. The van der Waals surface area contributed by atoms with E-state index < -0.39 is 0 Å². The Labute approximate surface area is 209 Å². The summed E-state index contributed by atoms with van der Waals surface area (Å²) in [6, 6.07) is 15.6. The van der Waals surface area contributed by atoms with Crippen molar-refractivity contribution in [2.75, 3.05) is 39.4 Å². The number of hydrogen-bond donors (Lipinski definition) is 1. The lowest BCUT2D eigenvalue weighted by Gasteiger charge is -2.26. The highest BCUT2D eigenvalue weighted by atomic mass is 35.5. The van der Waals surface area contributed by atoms with Crippen LogP contribution in [0.15, 0.2) is 59.2 Å². The summed E-state index contributed by atoms with van der Waals surface area (Å²) in [5.41, 5.74) is 2.39. The van der Waals surface area contributed by atoms with Gasteiger partial charge in [-0.15, -0.1) is 0 Å². The predicted octanol–water partition coefficient (Wildman–Crippen LogP) is 4.25. The van der Waals surface area contributed by atoms with Crippen LogP contribution in [-0.4, -0.2) is 60.1 Å². The number of carbonyl (C=O) groups excluding carboxylic acids is 1. The summed E-state index contributed by atoms with van der Waals surface area (Å²) in [5.74, 6) is 0.234. The Kier molecular flexibility index (Phi) is 8.96. The lowest BCUT2D eigenvalue weighted by atomic mass is 10.1. The third-order valence-corrected chi connectivity index (χ3v) is 6.21. The van der Waals surface area contributed by atoms with Gasteiger partial charge in [0, 0.05) is 49.3 Å². The summed E-state index contributed by atoms with van der Waals surface area (Å²) in [5, 5.41) is 4.12. The zero-order valence-electron chi connectivity index (χ0n) is 18.9. The molecule has 1 aliphatic rings. The number of aromatic nitrogens is 1. The highest BCUT2D eigenvalue weighted by Crippen LogP contribution is 2.24. The number of halogens is 2. The molecule has 2 heterocycles. The van der Waals surface area contributed by atoms with E-state index in [9.17, 15) is 4.79 Å². The molecule has 1 aliphatic heterocycles. The topological polar surface area (TPSA) is 70.8 Å². The van der Waals surface area contributed by atoms with Crippen molar-refractivity contribution in [2.24, 2.45) is 0 Å². The Bertz CT molecular complexity index is 1070. The standard InChI is InChI=1S/C25H28Cl2N4O3/c26-21-7-6-20(22(27)14-21)16-31(15-19-4-2-1-3-5-19)17-24-29-23(18-34-24)25(32)28-8-9-30-10-12-33-13-11-30/h1-7,14,18H,8-13,15-17H2,(H,28,32). The van der Waals surface area contributed by atoms with Crippen molar-refractivity contribution in [3.05, 3.63) is 87.6 Å². The van der Waals surface area contributed by atoms with Crippen molar-refractivity contribution in [2.45, 2.75) is 19.6 Å². The fourth-order valence-corrected chi connectivity index (χ4v) is 4.29. The predicted molar refractivity (Wildman–Crippen MR) is 132 cm³/mol. The average Bonchev–Trinajstić information content (AvgIpc) is 3.31. The number of rotatable bonds is 10. The molecular formula is C25H28Cl2N4O3. The van der Waals surface area contributed by atoms with Crippen LogP contribution in [0.1, 0.15) is 27.5 Å². The smallest absolute Gasteiger partial charge is 0.273 e. The molecule has 0 spiro atoms. The lowest BCUT2D eigenvalue weighted by Crippen LogP contribution is -2.41. The van der Waals surface area contributed by atoms with Gasteiger partial charge in [-0.05, 0) is 23.3 Å². The van der Waals surface area contributed by atoms with E-state index in [4.69, 9.17) is 32.4 Å². The van der Waals surface area contributed by atoms with E-state index in [1.54, 1.807) is 6.07 Å². The van der Waals surface area contributed by atoms with Gasteiger partial charge in [-0.3, -0.25) is 14.6 Å². The Hall–Kier alpha value is -2.42. The highest BCUT2D eigenvalue weighted by Gasteiger charge is 2.17. The fraction of sp³-hybridized carbons (Fsp3) is 0.360. The highest BCUT2D eigenvalue weighted by molar-refractivity contribution is 6.35. The Morgan fingerprint density at radius 2 is 1.85 bits per heavy atom. The molecule has 2 aromatic carbocycles. The Balaban J connectivity index is 1.38. The number of oxazole rings is 1. The van der Waals surface area contributed by atoms with Crippen molar-refractivity contribution in [3.63, 3.8) is 0 Å². The number of nitrogens with one attached hydrogen (secondary N) is 1. The molecule has 180 valence electrons. The van der Waals surface area contributed by atoms with Crippen molar-refractivity contribution in [1.82, 2.24) is 20.1 Å². The first-order chi connectivity index (χ1) is 16.6. The second-order valence-corrected chi connectivity index (χ2v) is 9.05. The maximum absolute atomic E-state index is 12.5. The second-order valence-electron chi connectivity index (χ2n) is 8.20. The van der Waals surface area contributed by atoms with Crippen molar-refractivity contribution in [1.29, 1.82) is 0 Å². The molecule has 1 aromatic heterocycles. The van der Waals surface area contributed by atoms with Gasteiger partial charge in [0.15, 0.2) is 5.69 Å². The van der Waals surface area contributed by atoms with Crippen LogP contribution in [-0.2, 0) is 24.4 Å². The quantitative estimate of drug-likeness (QED) is 0.446. The molecule has 7 nitrogen and oxygen atoms in total. The minimum absolute atomic E-state index is 0.237. The van der Waals surface area contributed by atoms with E-state index in [2.05, 4.69) is 32.2 Å². The Morgan fingerprint density at radius 1 is 1.06 bits per heavy atom. The number of morpholine rings is 1. The molecule has 1 N–H and O–H groups in total. The lowest BCUT2D eigenvalue weighted by molar-refractivity contribution is 0.0383. The summed E-state index contributed by atoms with van der Waals surface area (Å²) in [6.07, 6.45) is 1.41. The molecule has 0 bridgehead atoms. The average molecular weight is 503 g/mol. The molecule has 1 fully saturated rings. The van der Waals surface area contributed by atoms with Crippen LogP contribution < -0.4 is 5.32 Å². The number of nitrogens with zero attached hydrogens (tertiary/aromatic N) is 3. The van der Waals surface area contributed by atoms with Crippen LogP contribution in [0.5, 0.6) is 0 Å². The first-order valence-electron chi connectivity index (χ1n) is 11.3. The number of ether oxygens (including phenoxy) is 1. The molecule has 0 saturated carbocycles. The molecule has 0 unspecified atom stereocenters. The SMILES string of the molecule is O=C(NCCN1CCOCC1)c1coc(CN(Cc2ccccc2)Cc2ccc(Cl)cc2Cl)n1. The van der Waals surface area contributed by atoms with Gasteiger partial charge in [0.2, 0.25) is 5.89 Å². The zero-order chi connectivity index (χ0) is 23.8. The van der Waals surface area contributed by atoms with Crippen LogP contribution in [0.25, 0.3) is 0 Å². The van der Waals surface area contributed by atoms with Crippen LogP contribution in [0.4, 0.5) is 0 Å². The third-order valence-electron chi connectivity index (χ3n) is 5.62. The van der Waals surface area contributed by atoms with Crippen LogP contribution >= 0.6 is 23.2 Å². The maximum Gasteiger partial charge on any atom is 0.273 e. The monoisotopic (exact) mass is 502 g/mol. The number of benzene rings is 2. The van der Waals surface area contributed by atoms with Crippen molar-refractivity contribution >= 4 is 29.1 Å². The van der Waals surface area contributed by atoms with Gasteiger partial charge < -0.3 is 14.5 Å². The molecule has 9 heteroatoms. The number of amides is 1. The van der Waals surface area contributed by atoms with Crippen molar-refractivity contribution in [3.8, 4) is 0 Å².